The molecule has 0 fully saturated rings. The molecule has 0 atom stereocenters. The lowest BCUT2D eigenvalue weighted by Crippen LogP contribution is -2.15. The van der Waals surface area contributed by atoms with Crippen LogP contribution in [0.5, 0.6) is 5.75 Å². The Hall–Kier alpha value is -3.98. The van der Waals surface area contributed by atoms with E-state index >= 15 is 0 Å². The van der Waals surface area contributed by atoms with Gasteiger partial charge in [0.05, 0.1) is 12.8 Å². The van der Waals surface area contributed by atoms with Crippen LogP contribution in [0.25, 0.3) is 22.7 Å². The molecule has 0 amide bonds. The van der Waals surface area contributed by atoms with Crippen LogP contribution in [0.3, 0.4) is 0 Å². The van der Waals surface area contributed by atoms with Crippen LogP contribution in [0, 0.1) is 6.92 Å². The molecule has 5 aromatic rings. The summed E-state index contributed by atoms with van der Waals surface area (Å²) in [4.78, 5) is 21.3. The van der Waals surface area contributed by atoms with Crippen LogP contribution in [-0.2, 0) is 5.75 Å². The predicted octanol–water partition coefficient (Wildman–Crippen LogP) is 3.95. The molecule has 0 aliphatic carbocycles. The van der Waals surface area contributed by atoms with Crippen molar-refractivity contribution in [3.8, 4) is 22.8 Å². The number of aryl methyl sites for hydroxylation is 1. The van der Waals surface area contributed by atoms with Gasteiger partial charge in [-0.2, -0.15) is 0 Å². The van der Waals surface area contributed by atoms with Gasteiger partial charge in [0.25, 0.3) is 5.56 Å². The second kappa shape index (κ2) is 8.87. The van der Waals surface area contributed by atoms with E-state index in [0.29, 0.717) is 28.1 Å². The van der Waals surface area contributed by atoms with E-state index in [9.17, 15) is 4.79 Å². The number of fused-ring (bicyclic) bond motifs is 1. The van der Waals surface area contributed by atoms with Crippen LogP contribution in [-0.4, -0.2) is 36.2 Å². The molecule has 33 heavy (non-hydrogen) atoms. The minimum absolute atomic E-state index is 0.103. The Morgan fingerprint density at radius 1 is 1.00 bits per heavy atom. The quantitative estimate of drug-likeness (QED) is 0.358. The third-order valence-corrected chi connectivity index (χ3v) is 6.07. The number of rotatable bonds is 6. The Morgan fingerprint density at radius 2 is 1.79 bits per heavy atom. The van der Waals surface area contributed by atoms with Gasteiger partial charge in [0.2, 0.25) is 0 Å². The van der Waals surface area contributed by atoms with Crippen LogP contribution in [0.15, 0.2) is 83.1 Å². The summed E-state index contributed by atoms with van der Waals surface area (Å²) in [5.74, 6) is 1.94. The van der Waals surface area contributed by atoms with E-state index in [-0.39, 0.29) is 5.56 Å². The molecule has 0 unspecified atom stereocenters. The van der Waals surface area contributed by atoms with Gasteiger partial charge in [0.1, 0.15) is 11.4 Å². The normalized spacial score (nSPS) is 11.1. The van der Waals surface area contributed by atoms with Crippen molar-refractivity contribution in [2.75, 3.05) is 7.11 Å². The highest BCUT2D eigenvalue weighted by molar-refractivity contribution is 7.98. The average Bonchev–Trinajstić information content (AvgIpc) is 3.28. The van der Waals surface area contributed by atoms with Crippen molar-refractivity contribution in [1.82, 2.24) is 29.1 Å². The first-order chi connectivity index (χ1) is 16.1. The lowest BCUT2D eigenvalue weighted by Gasteiger charge is -2.11. The Morgan fingerprint density at radius 3 is 2.55 bits per heavy atom. The Balaban J connectivity index is 1.52. The number of aromatic nitrogens is 6. The van der Waals surface area contributed by atoms with E-state index in [1.807, 2.05) is 60.0 Å². The molecule has 4 aromatic heterocycles. The number of benzene rings is 1. The van der Waals surface area contributed by atoms with Crippen molar-refractivity contribution in [1.29, 1.82) is 0 Å². The molecule has 1 aromatic carbocycles. The van der Waals surface area contributed by atoms with Gasteiger partial charge in [-0.05, 0) is 55.0 Å². The summed E-state index contributed by atoms with van der Waals surface area (Å²) in [6, 6.07) is 16.9. The average molecular weight is 457 g/mol. The highest BCUT2D eigenvalue weighted by Gasteiger charge is 2.17. The SMILES string of the molecule is COc1ccc(-n2c(SCc3cc(=O)n4cc(C)ccc4n3)nnc2-c2ccncc2)cc1. The van der Waals surface area contributed by atoms with Gasteiger partial charge in [-0.15, -0.1) is 10.2 Å². The van der Waals surface area contributed by atoms with Gasteiger partial charge < -0.3 is 4.74 Å². The molecular formula is C24H20N6O2S. The summed E-state index contributed by atoms with van der Waals surface area (Å²) in [6.07, 6.45) is 5.25. The second-order valence-electron chi connectivity index (χ2n) is 7.38. The topological polar surface area (TPSA) is 87.2 Å². The maximum absolute atomic E-state index is 12.6. The van der Waals surface area contributed by atoms with Crippen molar-refractivity contribution < 1.29 is 4.74 Å². The molecule has 0 aliphatic heterocycles. The molecule has 8 nitrogen and oxygen atoms in total. The van der Waals surface area contributed by atoms with E-state index in [4.69, 9.17) is 4.74 Å². The Bertz CT molecular complexity index is 1480. The molecule has 4 heterocycles. The molecule has 0 radical (unpaired) electrons. The zero-order valence-electron chi connectivity index (χ0n) is 18.0. The zero-order chi connectivity index (χ0) is 22.8. The monoisotopic (exact) mass is 456 g/mol. The smallest absolute Gasteiger partial charge is 0.258 e. The van der Waals surface area contributed by atoms with E-state index in [2.05, 4.69) is 20.2 Å². The lowest BCUT2D eigenvalue weighted by atomic mass is 10.2. The molecule has 9 heteroatoms. The first-order valence-electron chi connectivity index (χ1n) is 10.2. The van der Waals surface area contributed by atoms with Crippen LogP contribution in [0.4, 0.5) is 0 Å². The molecule has 164 valence electrons. The van der Waals surface area contributed by atoms with Gasteiger partial charge in [0, 0.05) is 41.7 Å². The number of pyridine rings is 2. The number of methoxy groups -OCH3 is 1. The van der Waals surface area contributed by atoms with Crippen molar-refractivity contribution in [3.63, 3.8) is 0 Å². The van der Waals surface area contributed by atoms with E-state index in [0.717, 1.165) is 22.6 Å². The molecule has 0 spiro atoms. The van der Waals surface area contributed by atoms with Crippen molar-refractivity contribution in [2.45, 2.75) is 17.8 Å². The van der Waals surface area contributed by atoms with Crippen molar-refractivity contribution >= 4 is 17.4 Å². The predicted molar refractivity (Wildman–Crippen MR) is 127 cm³/mol. The Labute approximate surface area is 193 Å². The number of hydrogen-bond donors (Lipinski definition) is 0. The first kappa shape index (κ1) is 20.9. The first-order valence-corrected chi connectivity index (χ1v) is 11.2. The lowest BCUT2D eigenvalue weighted by molar-refractivity contribution is 0.414. The minimum Gasteiger partial charge on any atom is -0.497 e. The van der Waals surface area contributed by atoms with Crippen LogP contribution < -0.4 is 10.3 Å². The fraction of sp³-hybridized carbons (Fsp3) is 0.125. The number of thioether (sulfide) groups is 1. The summed E-state index contributed by atoms with van der Waals surface area (Å²) in [5, 5.41) is 9.57. The summed E-state index contributed by atoms with van der Waals surface area (Å²) in [5.41, 5.74) is 4.01. The van der Waals surface area contributed by atoms with Gasteiger partial charge in [-0.1, -0.05) is 17.8 Å². The van der Waals surface area contributed by atoms with Crippen molar-refractivity contribution in [2.24, 2.45) is 0 Å². The highest BCUT2D eigenvalue weighted by Crippen LogP contribution is 2.30. The fourth-order valence-electron chi connectivity index (χ4n) is 3.49. The molecule has 0 bridgehead atoms. The van der Waals surface area contributed by atoms with E-state index in [1.54, 1.807) is 36.2 Å². The molecular weight excluding hydrogens is 436 g/mol. The number of nitrogens with zero attached hydrogens (tertiary/aromatic N) is 6. The van der Waals surface area contributed by atoms with Crippen LogP contribution in [0.1, 0.15) is 11.3 Å². The standard InChI is InChI=1S/C24H20N6O2S/c1-16-3-8-21-26-18(13-22(31)29(21)14-16)15-33-24-28-27-23(17-9-11-25-12-10-17)30(24)19-4-6-20(32-2)7-5-19/h3-14H,15H2,1-2H3. The molecule has 0 N–H and O–H groups in total. The summed E-state index contributed by atoms with van der Waals surface area (Å²) in [6.45, 7) is 1.95. The molecule has 5 rings (SSSR count). The summed E-state index contributed by atoms with van der Waals surface area (Å²) >= 11 is 1.47. The summed E-state index contributed by atoms with van der Waals surface area (Å²) < 4.78 is 8.84. The number of hydrogen-bond acceptors (Lipinski definition) is 7. The summed E-state index contributed by atoms with van der Waals surface area (Å²) in [7, 11) is 1.64. The highest BCUT2D eigenvalue weighted by atomic mass is 32.2. The maximum Gasteiger partial charge on any atom is 0.258 e. The third-order valence-electron chi connectivity index (χ3n) is 5.11. The number of ether oxygens (including phenoxy) is 1. The zero-order valence-corrected chi connectivity index (χ0v) is 18.9. The fourth-order valence-corrected chi connectivity index (χ4v) is 4.33. The van der Waals surface area contributed by atoms with Gasteiger partial charge in [0.15, 0.2) is 11.0 Å². The van der Waals surface area contributed by atoms with Crippen LogP contribution >= 0.6 is 11.8 Å². The third kappa shape index (κ3) is 4.22. The molecule has 0 saturated heterocycles. The van der Waals surface area contributed by atoms with Gasteiger partial charge in [-0.3, -0.25) is 18.7 Å². The molecule has 0 aliphatic rings. The Kier molecular flexibility index (Phi) is 5.62. The largest absolute Gasteiger partial charge is 0.497 e. The maximum atomic E-state index is 12.6. The van der Waals surface area contributed by atoms with Gasteiger partial charge >= 0.3 is 0 Å². The van der Waals surface area contributed by atoms with Gasteiger partial charge in [-0.25, -0.2) is 4.98 Å². The van der Waals surface area contributed by atoms with E-state index in [1.165, 1.54) is 11.8 Å². The van der Waals surface area contributed by atoms with E-state index < -0.39 is 0 Å². The second-order valence-corrected chi connectivity index (χ2v) is 8.33. The van der Waals surface area contributed by atoms with Crippen LogP contribution in [0.2, 0.25) is 0 Å². The van der Waals surface area contributed by atoms with Crippen molar-refractivity contribution in [3.05, 3.63) is 94.8 Å². The molecule has 0 saturated carbocycles. The minimum atomic E-state index is -0.103.